The molecule has 2 nitrogen and oxygen atoms in total. The molecular formula is C7H12F2O2S. The van der Waals surface area contributed by atoms with E-state index < -0.39 is 17.6 Å². The molecule has 0 rings (SSSR count). The van der Waals surface area contributed by atoms with Crippen LogP contribution in [0, 0.1) is 0 Å². The van der Waals surface area contributed by atoms with Crippen molar-refractivity contribution in [2.45, 2.75) is 25.7 Å². The third-order valence-electron chi connectivity index (χ3n) is 1.24. The third kappa shape index (κ3) is 4.54. The fraction of sp³-hybridized carbons (Fsp3) is 0.857. The highest BCUT2D eigenvalue weighted by atomic mass is 32.2. The normalized spacial score (nSPS) is 11.6. The Morgan fingerprint density at radius 1 is 1.58 bits per heavy atom. The average molecular weight is 198 g/mol. The molecule has 0 amide bonds. The zero-order chi connectivity index (χ0) is 9.61. The first kappa shape index (κ1) is 11.7. The van der Waals surface area contributed by atoms with E-state index >= 15 is 0 Å². The number of aliphatic carboxylic acids is 1. The summed E-state index contributed by atoms with van der Waals surface area (Å²) in [6, 6.07) is 0. The Morgan fingerprint density at radius 3 is 2.58 bits per heavy atom. The summed E-state index contributed by atoms with van der Waals surface area (Å²) in [5.41, 5.74) is 0. The number of hydrogen-bond acceptors (Lipinski definition) is 2. The summed E-state index contributed by atoms with van der Waals surface area (Å²) in [4.78, 5) is 9.92. The third-order valence-corrected chi connectivity index (χ3v) is 2.38. The van der Waals surface area contributed by atoms with Crippen molar-refractivity contribution in [3.63, 3.8) is 0 Å². The number of carboxylic acids is 1. The quantitative estimate of drug-likeness (QED) is 0.665. The van der Waals surface area contributed by atoms with Gasteiger partial charge in [0.25, 0.3) is 0 Å². The lowest BCUT2D eigenvalue weighted by Gasteiger charge is -2.09. The van der Waals surface area contributed by atoms with Gasteiger partial charge in [-0.05, 0) is 12.2 Å². The largest absolute Gasteiger partial charge is 0.477 e. The zero-order valence-corrected chi connectivity index (χ0v) is 7.66. The number of unbranched alkanes of at least 4 members (excludes halogenated alkanes) is 1. The highest BCUT2D eigenvalue weighted by Gasteiger charge is 2.38. The van der Waals surface area contributed by atoms with Crippen LogP contribution in [-0.2, 0) is 4.79 Å². The van der Waals surface area contributed by atoms with Crippen LogP contribution in [0.1, 0.15) is 19.8 Å². The standard InChI is InChI=1S/C7H12F2O2S/c1-2-3-4-12-5-7(8,9)6(10)11/h2-5H2,1H3,(H,10,11). The molecule has 0 fully saturated rings. The number of halogens is 2. The van der Waals surface area contributed by atoms with Gasteiger partial charge in [0.1, 0.15) is 0 Å². The molecule has 0 aromatic rings. The van der Waals surface area contributed by atoms with Gasteiger partial charge in [-0.1, -0.05) is 13.3 Å². The number of carboxylic acid groups (broad SMARTS) is 1. The van der Waals surface area contributed by atoms with Crippen LogP contribution in [-0.4, -0.2) is 28.5 Å². The molecule has 0 bridgehead atoms. The molecule has 12 heavy (non-hydrogen) atoms. The van der Waals surface area contributed by atoms with Gasteiger partial charge in [-0.25, -0.2) is 4.79 Å². The van der Waals surface area contributed by atoms with Crippen molar-refractivity contribution in [3.05, 3.63) is 0 Å². The molecule has 1 N–H and O–H groups in total. The van der Waals surface area contributed by atoms with Crippen molar-refractivity contribution in [1.29, 1.82) is 0 Å². The van der Waals surface area contributed by atoms with E-state index in [2.05, 4.69) is 0 Å². The van der Waals surface area contributed by atoms with Crippen molar-refractivity contribution in [2.75, 3.05) is 11.5 Å². The minimum Gasteiger partial charge on any atom is -0.477 e. The molecule has 0 saturated heterocycles. The predicted molar refractivity (Wildman–Crippen MR) is 44.8 cm³/mol. The number of alkyl halides is 2. The van der Waals surface area contributed by atoms with E-state index in [0.717, 1.165) is 24.6 Å². The number of hydrogen-bond donors (Lipinski definition) is 1. The van der Waals surface area contributed by atoms with Crippen molar-refractivity contribution >= 4 is 17.7 Å². The van der Waals surface area contributed by atoms with Crippen molar-refractivity contribution < 1.29 is 18.7 Å². The van der Waals surface area contributed by atoms with Crippen molar-refractivity contribution in [2.24, 2.45) is 0 Å². The predicted octanol–water partition coefficient (Wildman–Crippen LogP) is 2.24. The first-order valence-corrected chi connectivity index (χ1v) is 4.85. The summed E-state index contributed by atoms with van der Waals surface area (Å²) in [5, 5.41) is 8.03. The summed E-state index contributed by atoms with van der Waals surface area (Å²) in [6.45, 7) is 1.95. The molecule has 0 aliphatic carbocycles. The first-order valence-electron chi connectivity index (χ1n) is 3.69. The first-order chi connectivity index (χ1) is 5.50. The van der Waals surface area contributed by atoms with Crippen LogP contribution in [0.3, 0.4) is 0 Å². The Labute approximate surface area is 74.3 Å². The van der Waals surface area contributed by atoms with Crippen LogP contribution in [0.15, 0.2) is 0 Å². The molecule has 0 radical (unpaired) electrons. The zero-order valence-electron chi connectivity index (χ0n) is 6.85. The maximum Gasteiger partial charge on any atom is 0.375 e. The van der Waals surface area contributed by atoms with Gasteiger partial charge in [0.2, 0.25) is 0 Å². The van der Waals surface area contributed by atoms with Gasteiger partial charge in [-0.3, -0.25) is 0 Å². The Hall–Kier alpha value is -0.320. The summed E-state index contributed by atoms with van der Waals surface area (Å²) < 4.78 is 24.7. The Balaban J connectivity index is 3.54. The highest BCUT2D eigenvalue weighted by Crippen LogP contribution is 2.20. The molecule has 0 unspecified atom stereocenters. The van der Waals surface area contributed by atoms with E-state index in [-0.39, 0.29) is 0 Å². The molecular weight excluding hydrogens is 186 g/mol. The van der Waals surface area contributed by atoms with Gasteiger partial charge in [0, 0.05) is 0 Å². The lowest BCUT2D eigenvalue weighted by atomic mass is 10.4. The average Bonchev–Trinajstić information content (AvgIpc) is 1.98. The van der Waals surface area contributed by atoms with Crippen molar-refractivity contribution in [1.82, 2.24) is 0 Å². The van der Waals surface area contributed by atoms with E-state index in [1.165, 1.54) is 0 Å². The van der Waals surface area contributed by atoms with Crippen LogP contribution >= 0.6 is 11.8 Å². The van der Waals surface area contributed by atoms with Crippen LogP contribution in [0.4, 0.5) is 8.78 Å². The van der Waals surface area contributed by atoms with E-state index in [9.17, 15) is 13.6 Å². The SMILES string of the molecule is CCCCSCC(F)(F)C(=O)O. The summed E-state index contributed by atoms with van der Waals surface area (Å²) in [5.74, 6) is -5.63. The molecule has 0 aliphatic heterocycles. The summed E-state index contributed by atoms with van der Waals surface area (Å²) in [6.07, 6.45) is 1.78. The Morgan fingerprint density at radius 2 is 2.17 bits per heavy atom. The number of carbonyl (C=O) groups is 1. The minimum absolute atomic E-state index is 0.597. The van der Waals surface area contributed by atoms with Crippen LogP contribution in [0.5, 0.6) is 0 Å². The summed E-state index contributed by atoms with van der Waals surface area (Å²) in [7, 11) is 0. The second-order valence-electron chi connectivity index (χ2n) is 2.42. The molecule has 0 aromatic carbocycles. The molecule has 0 aromatic heterocycles. The van der Waals surface area contributed by atoms with Gasteiger partial charge in [-0.15, -0.1) is 0 Å². The van der Waals surface area contributed by atoms with Crippen molar-refractivity contribution in [3.8, 4) is 0 Å². The van der Waals surface area contributed by atoms with E-state index in [0.29, 0.717) is 5.75 Å². The maximum absolute atomic E-state index is 12.4. The van der Waals surface area contributed by atoms with Gasteiger partial charge >= 0.3 is 11.9 Å². The number of rotatable bonds is 6. The molecule has 0 heterocycles. The summed E-state index contributed by atoms with van der Waals surface area (Å²) >= 11 is 0.982. The van der Waals surface area contributed by atoms with E-state index in [1.807, 2.05) is 6.92 Å². The van der Waals surface area contributed by atoms with E-state index in [4.69, 9.17) is 5.11 Å². The monoisotopic (exact) mass is 198 g/mol. The van der Waals surface area contributed by atoms with E-state index in [1.54, 1.807) is 0 Å². The lowest BCUT2D eigenvalue weighted by molar-refractivity contribution is -0.161. The molecule has 0 spiro atoms. The van der Waals surface area contributed by atoms with Crippen LogP contribution < -0.4 is 0 Å². The second-order valence-corrected chi connectivity index (χ2v) is 3.52. The second kappa shape index (κ2) is 5.35. The van der Waals surface area contributed by atoms with Gasteiger partial charge < -0.3 is 5.11 Å². The lowest BCUT2D eigenvalue weighted by Crippen LogP contribution is -2.30. The van der Waals surface area contributed by atoms with Gasteiger partial charge in [0.05, 0.1) is 5.75 Å². The molecule has 72 valence electrons. The Bertz CT molecular complexity index is 150. The number of thioether (sulfide) groups is 1. The smallest absolute Gasteiger partial charge is 0.375 e. The minimum atomic E-state index is -3.57. The fourth-order valence-corrected chi connectivity index (χ4v) is 1.53. The van der Waals surface area contributed by atoms with Crippen LogP contribution in [0.2, 0.25) is 0 Å². The topological polar surface area (TPSA) is 37.3 Å². The van der Waals surface area contributed by atoms with Gasteiger partial charge in [0.15, 0.2) is 0 Å². The maximum atomic E-state index is 12.4. The molecule has 5 heteroatoms. The van der Waals surface area contributed by atoms with Crippen LogP contribution in [0.25, 0.3) is 0 Å². The fourth-order valence-electron chi connectivity index (χ4n) is 0.508. The molecule has 0 aliphatic rings. The highest BCUT2D eigenvalue weighted by molar-refractivity contribution is 7.99. The Kier molecular flexibility index (Phi) is 5.20. The molecule has 0 saturated carbocycles. The molecule has 0 atom stereocenters. The van der Waals surface area contributed by atoms with Gasteiger partial charge in [-0.2, -0.15) is 20.5 Å².